The summed E-state index contributed by atoms with van der Waals surface area (Å²) >= 11 is 1.74. The van der Waals surface area contributed by atoms with Crippen molar-refractivity contribution in [3.05, 3.63) is 45.4 Å². The monoisotopic (exact) mass is 332 g/mol. The van der Waals surface area contributed by atoms with Crippen molar-refractivity contribution in [1.29, 1.82) is 0 Å². The van der Waals surface area contributed by atoms with Crippen molar-refractivity contribution in [2.24, 2.45) is 0 Å². The van der Waals surface area contributed by atoms with E-state index in [1.807, 2.05) is 0 Å². The van der Waals surface area contributed by atoms with Crippen LogP contribution in [-0.4, -0.2) is 35.9 Å². The van der Waals surface area contributed by atoms with Gasteiger partial charge in [-0.3, -0.25) is 4.79 Å². The van der Waals surface area contributed by atoms with Crippen LogP contribution in [0.2, 0.25) is 0 Å². The maximum atomic E-state index is 12.2. The highest BCUT2D eigenvalue weighted by atomic mass is 32.2. The molecule has 1 aromatic carbocycles. The molecule has 1 N–H and O–H groups in total. The van der Waals surface area contributed by atoms with Gasteiger partial charge in [-0.15, -0.1) is 0 Å². The smallest absolute Gasteiger partial charge is 0.341 e. The molecule has 0 saturated heterocycles. The van der Waals surface area contributed by atoms with E-state index in [1.54, 1.807) is 30.0 Å². The van der Waals surface area contributed by atoms with Gasteiger partial charge < -0.3 is 14.5 Å². The topological polar surface area (TPSA) is 81.3 Å². The van der Waals surface area contributed by atoms with E-state index in [-0.39, 0.29) is 5.56 Å². The number of aryl methyl sites for hydroxylation is 1. The number of carbonyl (C=O) groups is 1. The Bertz CT molecular complexity index is 816. The Balaban J connectivity index is 2.07. The average Bonchev–Trinajstić information content (AvgIpc) is 2.60. The third-order valence-corrected chi connectivity index (χ3v) is 4.70. The van der Waals surface area contributed by atoms with Crippen LogP contribution in [0.15, 0.2) is 23.0 Å². The van der Waals surface area contributed by atoms with E-state index >= 15 is 0 Å². The zero-order valence-corrected chi connectivity index (χ0v) is 13.7. The van der Waals surface area contributed by atoms with Crippen LogP contribution >= 0.6 is 11.8 Å². The summed E-state index contributed by atoms with van der Waals surface area (Å²) in [4.78, 5) is 31.3. The number of methoxy groups -OCH3 is 2. The molecular formula is C16H16N2O4S. The van der Waals surface area contributed by atoms with Crippen LogP contribution in [0.3, 0.4) is 0 Å². The van der Waals surface area contributed by atoms with E-state index in [0.29, 0.717) is 28.5 Å². The van der Waals surface area contributed by atoms with Gasteiger partial charge in [0.1, 0.15) is 17.1 Å². The van der Waals surface area contributed by atoms with E-state index in [1.165, 1.54) is 14.2 Å². The quantitative estimate of drug-likeness (QED) is 0.866. The third-order valence-electron chi connectivity index (χ3n) is 3.71. The van der Waals surface area contributed by atoms with Gasteiger partial charge in [-0.2, -0.15) is 11.8 Å². The van der Waals surface area contributed by atoms with Gasteiger partial charge in [-0.1, -0.05) is 6.07 Å². The number of ether oxygens (including phenoxy) is 2. The molecule has 0 aliphatic carbocycles. The lowest BCUT2D eigenvalue weighted by atomic mass is 10.1. The normalized spacial score (nSPS) is 13.3. The first kappa shape index (κ1) is 15.6. The molecule has 0 fully saturated rings. The molecule has 23 heavy (non-hydrogen) atoms. The number of rotatable bonds is 3. The van der Waals surface area contributed by atoms with E-state index in [2.05, 4.69) is 9.97 Å². The lowest BCUT2D eigenvalue weighted by molar-refractivity contribution is 0.0597. The summed E-state index contributed by atoms with van der Waals surface area (Å²) in [5.41, 5.74) is 2.51. The number of aromatic nitrogens is 2. The summed E-state index contributed by atoms with van der Waals surface area (Å²) < 4.78 is 9.97. The molecule has 3 rings (SSSR count). The molecule has 7 heteroatoms. The van der Waals surface area contributed by atoms with Gasteiger partial charge in [0.15, 0.2) is 0 Å². The van der Waals surface area contributed by atoms with E-state index < -0.39 is 5.97 Å². The molecule has 0 radical (unpaired) electrons. The summed E-state index contributed by atoms with van der Waals surface area (Å²) in [7, 11) is 2.79. The van der Waals surface area contributed by atoms with Crippen molar-refractivity contribution in [2.45, 2.75) is 12.2 Å². The minimum atomic E-state index is -0.475. The number of carbonyl (C=O) groups excluding carboxylic acids is 1. The standard InChI is InChI=1S/C16H16N2O4S/c1-21-13-7-9(3-4-10(13)16(20)22-2)14-17-12-5-6-23-8-11(12)15(19)18-14/h3-4,7H,5-6,8H2,1-2H3,(H,17,18,19). The second-order valence-corrected chi connectivity index (χ2v) is 6.15. The van der Waals surface area contributed by atoms with Gasteiger partial charge in [0.05, 0.1) is 19.9 Å². The average molecular weight is 332 g/mol. The molecule has 120 valence electrons. The molecule has 0 saturated carbocycles. The molecule has 0 spiro atoms. The zero-order valence-electron chi connectivity index (χ0n) is 12.8. The number of aromatic amines is 1. The van der Waals surface area contributed by atoms with Crippen LogP contribution < -0.4 is 10.3 Å². The Morgan fingerprint density at radius 2 is 2.17 bits per heavy atom. The summed E-state index contributed by atoms with van der Waals surface area (Å²) in [6.07, 6.45) is 0.786. The number of nitrogens with zero attached hydrogens (tertiary/aromatic N) is 1. The van der Waals surface area contributed by atoms with Crippen molar-refractivity contribution in [3.63, 3.8) is 0 Å². The van der Waals surface area contributed by atoms with E-state index in [4.69, 9.17) is 9.47 Å². The predicted molar refractivity (Wildman–Crippen MR) is 88.1 cm³/mol. The van der Waals surface area contributed by atoms with Gasteiger partial charge in [0.25, 0.3) is 5.56 Å². The zero-order chi connectivity index (χ0) is 16.4. The molecule has 1 aromatic heterocycles. The Kier molecular flexibility index (Phi) is 4.38. The van der Waals surface area contributed by atoms with Gasteiger partial charge in [0, 0.05) is 16.9 Å². The van der Waals surface area contributed by atoms with Crippen molar-refractivity contribution in [3.8, 4) is 17.1 Å². The number of thioether (sulfide) groups is 1. The lowest BCUT2D eigenvalue weighted by Gasteiger charge is -2.15. The highest BCUT2D eigenvalue weighted by Gasteiger charge is 2.18. The molecule has 0 unspecified atom stereocenters. The SMILES string of the molecule is COC(=O)c1ccc(-c2nc3c(c(=O)[nH]2)CSCC3)cc1OC. The number of hydrogen-bond acceptors (Lipinski definition) is 6. The summed E-state index contributed by atoms with van der Waals surface area (Å²) in [6.45, 7) is 0. The highest BCUT2D eigenvalue weighted by Crippen LogP contribution is 2.27. The molecule has 0 bridgehead atoms. The fourth-order valence-corrected chi connectivity index (χ4v) is 3.48. The van der Waals surface area contributed by atoms with Crippen LogP contribution in [0.25, 0.3) is 11.4 Å². The number of esters is 1. The van der Waals surface area contributed by atoms with Crippen LogP contribution in [0.4, 0.5) is 0 Å². The molecule has 0 amide bonds. The minimum Gasteiger partial charge on any atom is -0.496 e. The first-order chi connectivity index (χ1) is 11.1. The second-order valence-electron chi connectivity index (χ2n) is 5.05. The minimum absolute atomic E-state index is 0.104. The Hall–Kier alpha value is -2.28. The summed E-state index contributed by atoms with van der Waals surface area (Å²) in [5, 5.41) is 0. The first-order valence-electron chi connectivity index (χ1n) is 7.10. The number of fused-ring (bicyclic) bond motifs is 1. The van der Waals surface area contributed by atoms with Crippen molar-refractivity contribution >= 4 is 17.7 Å². The Morgan fingerprint density at radius 3 is 2.91 bits per heavy atom. The van der Waals surface area contributed by atoms with Crippen molar-refractivity contribution in [1.82, 2.24) is 9.97 Å². The molecule has 2 aromatic rings. The molecule has 1 aliphatic heterocycles. The van der Waals surface area contributed by atoms with Crippen LogP contribution in [-0.2, 0) is 16.9 Å². The molecular weight excluding hydrogens is 316 g/mol. The highest BCUT2D eigenvalue weighted by molar-refractivity contribution is 7.98. The first-order valence-corrected chi connectivity index (χ1v) is 8.26. The van der Waals surface area contributed by atoms with Gasteiger partial charge in [-0.05, 0) is 24.3 Å². The Labute approximate surface area is 137 Å². The molecule has 1 aliphatic rings. The van der Waals surface area contributed by atoms with Crippen LogP contribution in [0, 0.1) is 0 Å². The molecule has 6 nitrogen and oxygen atoms in total. The number of H-pyrrole nitrogens is 1. The van der Waals surface area contributed by atoms with Gasteiger partial charge in [-0.25, -0.2) is 9.78 Å². The van der Waals surface area contributed by atoms with E-state index in [9.17, 15) is 9.59 Å². The fraction of sp³-hybridized carbons (Fsp3) is 0.312. The lowest BCUT2D eigenvalue weighted by Crippen LogP contribution is -2.21. The van der Waals surface area contributed by atoms with Crippen molar-refractivity contribution in [2.75, 3.05) is 20.0 Å². The molecule has 2 heterocycles. The maximum absolute atomic E-state index is 12.2. The second kappa shape index (κ2) is 6.45. The third kappa shape index (κ3) is 2.96. The van der Waals surface area contributed by atoms with Crippen LogP contribution in [0.5, 0.6) is 5.75 Å². The molecule has 0 atom stereocenters. The number of benzene rings is 1. The maximum Gasteiger partial charge on any atom is 0.341 e. The largest absolute Gasteiger partial charge is 0.496 e. The van der Waals surface area contributed by atoms with E-state index in [0.717, 1.165) is 23.4 Å². The number of nitrogens with one attached hydrogen (secondary N) is 1. The predicted octanol–water partition coefficient (Wildman–Crippen LogP) is 2.02. The summed E-state index contributed by atoms with van der Waals surface area (Å²) in [6, 6.07) is 5.00. The van der Waals surface area contributed by atoms with Gasteiger partial charge in [0.2, 0.25) is 0 Å². The van der Waals surface area contributed by atoms with Gasteiger partial charge >= 0.3 is 5.97 Å². The van der Waals surface area contributed by atoms with Crippen molar-refractivity contribution < 1.29 is 14.3 Å². The Morgan fingerprint density at radius 1 is 1.35 bits per heavy atom. The summed E-state index contributed by atoms with van der Waals surface area (Å²) in [5.74, 6) is 2.05. The fourth-order valence-electron chi connectivity index (χ4n) is 2.50. The van der Waals surface area contributed by atoms with Crippen LogP contribution in [0.1, 0.15) is 21.6 Å². The number of hydrogen-bond donors (Lipinski definition) is 1.